The normalized spacial score (nSPS) is 23.0. The van der Waals surface area contributed by atoms with Crippen molar-refractivity contribution in [3.05, 3.63) is 28.8 Å². The number of aryl methyl sites for hydroxylation is 2. The van der Waals surface area contributed by atoms with Crippen LogP contribution < -0.4 is 10.1 Å². The summed E-state index contributed by atoms with van der Waals surface area (Å²) in [6.45, 7) is 17.8. The van der Waals surface area contributed by atoms with Crippen LogP contribution in [0.1, 0.15) is 65.2 Å². The summed E-state index contributed by atoms with van der Waals surface area (Å²) < 4.78 is 11.8. The molecule has 1 saturated carbocycles. The Morgan fingerprint density at radius 1 is 1.11 bits per heavy atom. The molecule has 0 radical (unpaired) electrons. The Bertz CT molecular complexity index is 743. The van der Waals surface area contributed by atoms with Gasteiger partial charge >= 0.3 is 6.09 Å². The van der Waals surface area contributed by atoms with Gasteiger partial charge in [-0.15, -0.1) is 0 Å². The number of benzene rings is 1. The summed E-state index contributed by atoms with van der Waals surface area (Å²) in [6.07, 6.45) is -0.492. The molecule has 1 aliphatic rings. The molecule has 0 aromatic heterocycles. The lowest BCUT2D eigenvalue weighted by Gasteiger charge is -2.62. The summed E-state index contributed by atoms with van der Waals surface area (Å²) in [5.41, 5.74) is 1.44. The molecule has 0 saturated heterocycles. The van der Waals surface area contributed by atoms with Crippen LogP contribution in [0.25, 0.3) is 0 Å². The highest BCUT2D eigenvalue weighted by Gasteiger charge is 2.64. The van der Waals surface area contributed by atoms with E-state index in [1.807, 2.05) is 46.8 Å². The van der Waals surface area contributed by atoms with Gasteiger partial charge in [0.1, 0.15) is 17.5 Å². The van der Waals surface area contributed by atoms with Crippen molar-refractivity contribution in [2.24, 2.45) is 10.8 Å². The summed E-state index contributed by atoms with van der Waals surface area (Å²) in [5, 5.41) is 12.3. The number of carbonyl (C=O) groups excluding carboxylic acids is 1. The molecule has 1 aromatic carbocycles. The van der Waals surface area contributed by atoms with Crippen LogP contribution in [0.4, 0.5) is 4.79 Å². The molecule has 2 rings (SSSR count). The van der Waals surface area contributed by atoms with Crippen molar-refractivity contribution in [2.75, 3.05) is 0 Å². The van der Waals surface area contributed by atoms with Gasteiger partial charge in [0.2, 0.25) is 0 Å². The lowest BCUT2D eigenvalue weighted by Crippen LogP contribution is -2.74. The van der Waals surface area contributed by atoms with E-state index in [0.717, 1.165) is 16.9 Å². The Hall–Kier alpha value is -2.22. The molecule has 1 aliphatic carbocycles. The number of ether oxygens (including phenoxy) is 2. The summed E-state index contributed by atoms with van der Waals surface area (Å²) in [6, 6.07) is 5.97. The molecule has 27 heavy (non-hydrogen) atoms. The molecule has 1 N–H and O–H groups in total. The van der Waals surface area contributed by atoms with Gasteiger partial charge in [0.25, 0.3) is 0 Å². The predicted molar refractivity (Wildman–Crippen MR) is 106 cm³/mol. The van der Waals surface area contributed by atoms with Crippen molar-refractivity contribution in [1.29, 1.82) is 5.26 Å². The minimum atomic E-state index is -0.532. The van der Waals surface area contributed by atoms with E-state index >= 15 is 0 Å². The van der Waals surface area contributed by atoms with E-state index in [0.29, 0.717) is 5.56 Å². The highest BCUT2D eigenvalue weighted by molar-refractivity contribution is 5.68. The van der Waals surface area contributed by atoms with Crippen LogP contribution in [0, 0.1) is 36.0 Å². The van der Waals surface area contributed by atoms with Crippen LogP contribution in [0.5, 0.6) is 5.75 Å². The topological polar surface area (TPSA) is 71.3 Å². The van der Waals surface area contributed by atoms with Crippen molar-refractivity contribution in [1.82, 2.24) is 5.32 Å². The molecule has 1 amide bonds. The maximum Gasteiger partial charge on any atom is 0.407 e. The number of nitriles is 1. The number of rotatable bonds is 3. The van der Waals surface area contributed by atoms with Gasteiger partial charge in [0.15, 0.2) is 0 Å². The molecule has 0 spiro atoms. The van der Waals surface area contributed by atoms with Crippen LogP contribution in [-0.2, 0) is 4.74 Å². The Balaban J connectivity index is 2.19. The third kappa shape index (κ3) is 4.05. The summed E-state index contributed by atoms with van der Waals surface area (Å²) in [4.78, 5) is 12.3. The molecule has 5 heteroatoms. The number of hydrogen-bond donors (Lipinski definition) is 1. The first-order chi connectivity index (χ1) is 12.2. The lowest BCUT2D eigenvalue weighted by molar-refractivity contribution is -0.166. The van der Waals surface area contributed by atoms with E-state index in [1.54, 1.807) is 0 Å². The Morgan fingerprint density at radius 3 is 2.00 bits per heavy atom. The number of amides is 1. The van der Waals surface area contributed by atoms with E-state index in [-0.39, 0.29) is 23.0 Å². The zero-order valence-corrected chi connectivity index (χ0v) is 18.0. The van der Waals surface area contributed by atoms with Crippen molar-refractivity contribution < 1.29 is 14.3 Å². The van der Waals surface area contributed by atoms with Crippen LogP contribution in [0.15, 0.2) is 12.1 Å². The van der Waals surface area contributed by atoms with Gasteiger partial charge in [-0.1, -0.05) is 27.7 Å². The SMILES string of the molecule is Cc1cc(O[C@H]2C(C)(C)[C@H](NC(=O)OC(C)(C)C)C2(C)C)cc(C)c1C#N. The van der Waals surface area contributed by atoms with Crippen molar-refractivity contribution in [3.63, 3.8) is 0 Å². The molecule has 0 heterocycles. The largest absolute Gasteiger partial charge is 0.489 e. The predicted octanol–water partition coefficient (Wildman–Crippen LogP) is 4.88. The number of hydrogen-bond acceptors (Lipinski definition) is 4. The second-order valence-corrected chi connectivity index (χ2v) is 9.76. The monoisotopic (exact) mass is 372 g/mol. The van der Waals surface area contributed by atoms with E-state index < -0.39 is 11.7 Å². The molecule has 1 fully saturated rings. The molecule has 1 aromatic rings. The molecule has 0 unspecified atom stereocenters. The van der Waals surface area contributed by atoms with Crippen LogP contribution in [0.2, 0.25) is 0 Å². The van der Waals surface area contributed by atoms with Gasteiger partial charge in [-0.05, 0) is 57.9 Å². The summed E-state index contributed by atoms with van der Waals surface area (Å²) in [7, 11) is 0. The fraction of sp³-hybridized carbons (Fsp3) is 0.636. The molecule has 148 valence electrons. The third-order valence-corrected chi connectivity index (χ3v) is 5.37. The molecule has 0 bridgehead atoms. The fourth-order valence-corrected chi connectivity index (χ4v) is 4.53. The number of nitrogens with zero attached hydrogens (tertiary/aromatic N) is 1. The Kier molecular flexibility index (Phi) is 5.27. The fourth-order valence-electron chi connectivity index (χ4n) is 4.53. The maximum absolute atomic E-state index is 12.3. The van der Waals surface area contributed by atoms with E-state index in [1.165, 1.54) is 0 Å². The molecule has 0 atom stereocenters. The average molecular weight is 373 g/mol. The molecular weight excluding hydrogens is 340 g/mol. The Morgan fingerprint density at radius 2 is 1.59 bits per heavy atom. The van der Waals surface area contributed by atoms with E-state index in [2.05, 4.69) is 39.1 Å². The zero-order chi connectivity index (χ0) is 20.8. The molecule has 5 nitrogen and oxygen atoms in total. The summed E-state index contributed by atoms with van der Waals surface area (Å²) >= 11 is 0. The van der Waals surface area contributed by atoms with E-state index in [4.69, 9.17) is 9.47 Å². The highest BCUT2D eigenvalue weighted by Crippen LogP contribution is 2.55. The van der Waals surface area contributed by atoms with Gasteiger partial charge in [0.05, 0.1) is 11.6 Å². The standard InChI is InChI=1S/C22H32N2O3/c1-13-10-15(11-14(2)16(13)12-23)26-18-21(6,7)17(22(18,8)9)24-19(25)27-20(3,4)5/h10-11,17-18H,1-9H3,(H,24,25)/t17-,18-. The number of nitrogens with one attached hydrogen (secondary N) is 1. The van der Waals surface area contributed by atoms with E-state index in [9.17, 15) is 10.1 Å². The summed E-state index contributed by atoms with van der Waals surface area (Å²) in [5.74, 6) is 0.755. The van der Waals surface area contributed by atoms with Crippen molar-refractivity contribution in [2.45, 2.75) is 80.1 Å². The maximum atomic E-state index is 12.3. The van der Waals surface area contributed by atoms with Gasteiger partial charge in [-0.2, -0.15) is 5.26 Å². The van der Waals surface area contributed by atoms with Crippen LogP contribution >= 0.6 is 0 Å². The second kappa shape index (κ2) is 6.74. The minimum Gasteiger partial charge on any atom is -0.489 e. The number of carbonyl (C=O) groups is 1. The first-order valence-electron chi connectivity index (χ1n) is 9.37. The zero-order valence-electron chi connectivity index (χ0n) is 18.0. The van der Waals surface area contributed by atoms with Gasteiger partial charge in [-0.25, -0.2) is 4.79 Å². The van der Waals surface area contributed by atoms with Crippen LogP contribution in [0.3, 0.4) is 0 Å². The van der Waals surface area contributed by atoms with Gasteiger partial charge < -0.3 is 14.8 Å². The van der Waals surface area contributed by atoms with Crippen molar-refractivity contribution >= 4 is 6.09 Å². The second-order valence-electron chi connectivity index (χ2n) is 9.76. The highest BCUT2D eigenvalue weighted by atomic mass is 16.6. The van der Waals surface area contributed by atoms with Gasteiger partial charge in [0, 0.05) is 16.9 Å². The third-order valence-electron chi connectivity index (χ3n) is 5.37. The number of alkyl carbamates (subject to hydrolysis) is 1. The smallest absolute Gasteiger partial charge is 0.407 e. The lowest BCUT2D eigenvalue weighted by atomic mass is 9.49. The van der Waals surface area contributed by atoms with Crippen molar-refractivity contribution in [3.8, 4) is 11.8 Å². The average Bonchev–Trinajstić information content (AvgIpc) is 2.48. The quantitative estimate of drug-likeness (QED) is 0.820. The van der Waals surface area contributed by atoms with Crippen LogP contribution in [-0.4, -0.2) is 23.8 Å². The first-order valence-corrected chi connectivity index (χ1v) is 9.37. The minimum absolute atomic E-state index is 0.0783. The molecular formula is C22H32N2O3. The van der Waals surface area contributed by atoms with Gasteiger partial charge in [-0.3, -0.25) is 0 Å². The molecule has 0 aliphatic heterocycles. The first kappa shape index (κ1) is 21.1. The Labute approximate surface area is 163 Å².